The van der Waals surface area contributed by atoms with Gasteiger partial charge in [0.1, 0.15) is 25.4 Å². The van der Waals surface area contributed by atoms with Crippen molar-refractivity contribution in [1.29, 1.82) is 0 Å². The molecular weight excluding hydrogens is 454 g/mol. The number of benzene rings is 3. The highest BCUT2D eigenvalue weighted by Gasteiger charge is 2.22. The molecule has 0 spiro atoms. The van der Waals surface area contributed by atoms with Gasteiger partial charge in [0.25, 0.3) is 5.91 Å². The predicted molar refractivity (Wildman–Crippen MR) is 144 cm³/mol. The average Bonchev–Trinajstić information content (AvgIpc) is 2.86. The molecule has 1 amide bonds. The number of hydrogen-bond donors (Lipinski definition) is 2. The zero-order valence-electron chi connectivity index (χ0n) is 21.4. The summed E-state index contributed by atoms with van der Waals surface area (Å²) in [4.78, 5) is 26.9. The van der Waals surface area contributed by atoms with E-state index in [9.17, 15) is 14.7 Å². The summed E-state index contributed by atoms with van der Waals surface area (Å²) in [6.07, 6.45) is 1.77. The Morgan fingerprint density at radius 1 is 1.00 bits per heavy atom. The molecule has 0 atom stereocenters. The Bertz CT molecular complexity index is 1500. The lowest BCUT2D eigenvalue weighted by molar-refractivity contribution is 0.0691. The average molecular weight is 487 g/mol. The van der Waals surface area contributed by atoms with Gasteiger partial charge in [-0.1, -0.05) is 19.4 Å². The highest BCUT2D eigenvalue weighted by atomic mass is 16.4. The molecule has 0 unspecified atom stereocenters. The third-order valence-corrected chi connectivity index (χ3v) is 6.32. The van der Waals surface area contributed by atoms with E-state index in [1.165, 1.54) is 0 Å². The molecule has 0 radical (unpaired) electrons. The summed E-state index contributed by atoms with van der Waals surface area (Å²) in [5.41, 5.74) is 4.24. The number of nitrogens with zero attached hydrogens (tertiary/aromatic N) is 2. The second-order valence-electron chi connectivity index (χ2n) is 9.30. The summed E-state index contributed by atoms with van der Waals surface area (Å²) < 4.78 is 8.35. The van der Waals surface area contributed by atoms with Crippen LogP contribution in [0.2, 0.25) is 0 Å². The zero-order valence-corrected chi connectivity index (χ0v) is 21.4. The van der Waals surface area contributed by atoms with Crippen LogP contribution >= 0.6 is 0 Å². The molecule has 2 aromatic rings. The van der Waals surface area contributed by atoms with Crippen LogP contribution in [0.1, 0.15) is 40.5 Å². The molecule has 0 saturated carbocycles. The van der Waals surface area contributed by atoms with E-state index >= 15 is 0 Å². The van der Waals surface area contributed by atoms with Gasteiger partial charge in [0.2, 0.25) is 5.36 Å². The Morgan fingerprint density at radius 3 is 2.44 bits per heavy atom. The molecule has 7 heteroatoms. The van der Waals surface area contributed by atoms with Crippen LogP contribution in [0.25, 0.3) is 33.4 Å². The van der Waals surface area contributed by atoms with Gasteiger partial charge < -0.3 is 19.7 Å². The first-order valence-corrected chi connectivity index (χ1v) is 12.1. The molecule has 2 aliphatic rings. The van der Waals surface area contributed by atoms with E-state index in [4.69, 9.17) is 4.42 Å². The first-order valence-electron chi connectivity index (χ1n) is 12.1. The SMILES string of the molecule is CCCCNC(=O)c1ccc(-c2c3ccc(=[N+](C)C)cc-3oc3cc(N(C)C)ccc23)cc1C(=O)O. The molecule has 0 aromatic heterocycles. The molecule has 0 saturated heterocycles. The molecule has 0 fully saturated rings. The molecule has 4 rings (SSSR count). The van der Waals surface area contributed by atoms with E-state index in [2.05, 4.69) is 5.32 Å². The maximum absolute atomic E-state index is 12.7. The van der Waals surface area contributed by atoms with Crippen molar-refractivity contribution in [3.63, 3.8) is 0 Å². The Morgan fingerprint density at radius 2 is 1.78 bits per heavy atom. The van der Waals surface area contributed by atoms with Crippen LogP contribution in [0.5, 0.6) is 0 Å². The smallest absolute Gasteiger partial charge is 0.336 e. The van der Waals surface area contributed by atoms with Crippen molar-refractivity contribution in [2.24, 2.45) is 0 Å². The summed E-state index contributed by atoms with van der Waals surface area (Å²) >= 11 is 0. The van der Waals surface area contributed by atoms with Gasteiger partial charge in [0.05, 0.1) is 17.2 Å². The number of aromatic carboxylic acids is 1. The minimum Gasteiger partial charge on any atom is -0.478 e. The van der Waals surface area contributed by atoms with Crippen molar-refractivity contribution in [1.82, 2.24) is 9.89 Å². The van der Waals surface area contributed by atoms with Gasteiger partial charge in [-0.2, -0.15) is 0 Å². The lowest BCUT2D eigenvalue weighted by Crippen LogP contribution is -2.26. The Hall–Kier alpha value is -4.13. The number of rotatable bonds is 7. The van der Waals surface area contributed by atoms with Gasteiger partial charge >= 0.3 is 5.97 Å². The molecule has 186 valence electrons. The van der Waals surface area contributed by atoms with Gasteiger partial charge in [0.15, 0.2) is 0 Å². The maximum Gasteiger partial charge on any atom is 0.336 e. The van der Waals surface area contributed by atoms with Crippen LogP contribution in [0.4, 0.5) is 5.69 Å². The minimum atomic E-state index is -1.14. The number of fused-ring (bicyclic) bond motifs is 2. The Labute approximate surface area is 210 Å². The maximum atomic E-state index is 12.7. The van der Waals surface area contributed by atoms with Crippen LogP contribution in [0.15, 0.2) is 59.0 Å². The number of amides is 1. The van der Waals surface area contributed by atoms with Crippen molar-refractivity contribution >= 4 is 28.5 Å². The lowest BCUT2D eigenvalue weighted by Gasteiger charge is -2.18. The van der Waals surface area contributed by atoms with Crippen molar-refractivity contribution in [3.05, 3.63) is 71.1 Å². The molecule has 7 nitrogen and oxygen atoms in total. The van der Waals surface area contributed by atoms with Crippen LogP contribution in [0.3, 0.4) is 0 Å². The predicted octanol–water partition coefficient (Wildman–Crippen LogP) is 4.53. The molecule has 1 aliphatic heterocycles. The lowest BCUT2D eigenvalue weighted by atomic mass is 9.91. The fraction of sp³-hybridized carbons (Fsp3) is 0.276. The second kappa shape index (κ2) is 10.2. The molecule has 1 heterocycles. The first kappa shape index (κ1) is 25.0. The fourth-order valence-electron chi connectivity index (χ4n) is 4.28. The van der Waals surface area contributed by atoms with E-state index < -0.39 is 5.97 Å². The second-order valence-corrected chi connectivity index (χ2v) is 9.30. The normalized spacial score (nSPS) is 11.0. The highest BCUT2D eigenvalue weighted by molar-refractivity contribution is 6.08. The van der Waals surface area contributed by atoms with Crippen molar-refractivity contribution in [3.8, 4) is 22.5 Å². The number of carboxylic acid groups (broad SMARTS) is 1. The summed E-state index contributed by atoms with van der Waals surface area (Å²) in [7, 11) is 7.88. The van der Waals surface area contributed by atoms with Crippen LogP contribution in [-0.2, 0) is 0 Å². The van der Waals surface area contributed by atoms with E-state index in [1.54, 1.807) is 12.1 Å². The third kappa shape index (κ3) is 4.82. The summed E-state index contributed by atoms with van der Waals surface area (Å²) in [5.74, 6) is -0.828. The number of hydrogen-bond acceptors (Lipinski definition) is 4. The minimum absolute atomic E-state index is 0.0292. The number of unbranched alkanes of at least 4 members (excludes halogenated alkanes) is 1. The van der Waals surface area contributed by atoms with Crippen LogP contribution < -0.4 is 20.1 Å². The van der Waals surface area contributed by atoms with Crippen molar-refractivity contribution < 1.29 is 19.1 Å². The van der Waals surface area contributed by atoms with E-state index in [0.717, 1.165) is 40.4 Å². The molecule has 0 bridgehead atoms. The molecule has 1 aliphatic carbocycles. The van der Waals surface area contributed by atoms with Gasteiger partial charge in [-0.15, -0.1) is 0 Å². The van der Waals surface area contributed by atoms with Crippen LogP contribution in [0, 0.1) is 0 Å². The molecule has 36 heavy (non-hydrogen) atoms. The van der Waals surface area contributed by atoms with E-state index in [1.807, 2.05) is 87.1 Å². The highest BCUT2D eigenvalue weighted by Crippen LogP contribution is 2.41. The number of anilines is 1. The summed E-state index contributed by atoms with van der Waals surface area (Å²) in [5, 5.41) is 14.6. The molecule has 2 N–H and O–H groups in total. The molecular formula is C29H32N3O4+. The fourth-order valence-corrected chi connectivity index (χ4v) is 4.28. The van der Waals surface area contributed by atoms with Gasteiger partial charge in [-0.3, -0.25) is 4.79 Å². The summed E-state index contributed by atoms with van der Waals surface area (Å²) in [6, 6.07) is 17.0. The van der Waals surface area contributed by atoms with E-state index in [-0.39, 0.29) is 17.0 Å². The monoisotopic (exact) mass is 486 g/mol. The van der Waals surface area contributed by atoms with Crippen molar-refractivity contribution in [2.45, 2.75) is 19.8 Å². The quantitative estimate of drug-likeness (QED) is 0.228. The van der Waals surface area contributed by atoms with Gasteiger partial charge in [-0.05, 0) is 42.3 Å². The van der Waals surface area contributed by atoms with Crippen LogP contribution in [-0.4, -0.2) is 51.7 Å². The topological polar surface area (TPSA) is 85.8 Å². The Kier molecular flexibility index (Phi) is 7.10. The van der Waals surface area contributed by atoms with Gasteiger partial charge in [0, 0.05) is 55.0 Å². The number of carboxylic acids is 1. The van der Waals surface area contributed by atoms with Crippen molar-refractivity contribution in [2.75, 3.05) is 39.6 Å². The number of nitrogens with one attached hydrogen (secondary N) is 1. The Balaban J connectivity index is 1.98. The number of carbonyl (C=O) groups excluding carboxylic acids is 1. The number of carbonyl (C=O) groups is 2. The van der Waals surface area contributed by atoms with E-state index in [0.29, 0.717) is 23.5 Å². The standard InChI is InChI=1S/C29H31N3O4/c1-6-7-14-30-28(33)21-11-8-18(15-24(21)29(34)35)27-22-12-9-19(31(2)3)16-25(22)36-26-17-20(32(4)5)10-13-23(26)27/h8-13,15-17H,6-7,14H2,1-5H3,(H-,30,33,34,35)/p+1. The molecule has 2 aromatic carbocycles. The third-order valence-electron chi connectivity index (χ3n) is 6.32. The first-order chi connectivity index (χ1) is 17.2. The zero-order chi connectivity index (χ0) is 26.0. The van der Waals surface area contributed by atoms with Gasteiger partial charge in [-0.25, -0.2) is 9.37 Å². The largest absolute Gasteiger partial charge is 0.478 e. The summed E-state index contributed by atoms with van der Waals surface area (Å²) in [6.45, 7) is 2.54.